The second kappa shape index (κ2) is 9.72. The third-order valence-corrected chi connectivity index (χ3v) is 5.24. The second-order valence-electron chi connectivity index (χ2n) is 7.52. The summed E-state index contributed by atoms with van der Waals surface area (Å²) in [6, 6.07) is 15.3. The number of para-hydroxylation sites is 1. The molecule has 1 atom stereocenters. The Morgan fingerprint density at radius 2 is 1.81 bits per heavy atom. The standard InChI is InChI=1S/C23H30FNO/c1-25-16-6-8-20(17-25)18-26-23-11-5-4-10-21(23)9-3-2-7-19-12-14-22(24)15-13-19/h4-5,10-15,20H,2-3,6-9,16-18H2,1H3. The summed E-state index contributed by atoms with van der Waals surface area (Å²) in [6.45, 7) is 3.16. The molecule has 1 heterocycles. The first kappa shape index (κ1) is 18.9. The van der Waals surface area contributed by atoms with Crippen LogP contribution in [0.3, 0.4) is 0 Å². The lowest BCUT2D eigenvalue weighted by Gasteiger charge is -2.29. The van der Waals surface area contributed by atoms with Gasteiger partial charge in [-0.3, -0.25) is 0 Å². The molecule has 0 aliphatic carbocycles. The molecule has 0 spiro atoms. The minimum Gasteiger partial charge on any atom is -0.493 e. The summed E-state index contributed by atoms with van der Waals surface area (Å²) in [4.78, 5) is 2.40. The lowest BCUT2D eigenvalue weighted by Crippen LogP contribution is -2.34. The number of piperidine rings is 1. The Morgan fingerprint density at radius 1 is 1.04 bits per heavy atom. The Hall–Kier alpha value is -1.87. The first-order valence-electron chi connectivity index (χ1n) is 9.84. The largest absolute Gasteiger partial charge is 0.493 e. The molecule has 1 saturated heterocycles. The van der Waals surface area contributed by atoms with E-state index in [0.29, 0.717) is 5.92 Å². The highest BCUT2D eigenvalue weighted by molar-refractivity contribution is 5.33. The number of likely N-dealkylation sites (tertiary alicyclic amines) is 1. The van der Waals surface area contributed by atoms with E-state index in [4.69, 9.17) is 4.74 Å². The maximum atomic E-state index is 13.0. The molecule has 3 heteroatoms. The topological polar surface area (TPSA) is 12.5 Å². The average molecular weight is 355 g/mol. The summed E-state index contributed by atoms with van der Waals surface area (Å²) in [6.07, 6.45) is 6.79. The Kier molecular flexibility index (Phi) is 7.07. The number of nitrogens with zero attached hydrogens (tertiary/aromatic N) is 1. The van der Waals surface area contributed by atoms with Crippen molar-refractivity contribution in [3.8, 4) is 5.75 Å². The lowest BCUT2D eigenvalue weighted by molar-refractivity contribution is 0.150. The van der Waals surface area contributed by atoms with E-state index in [1.54, 1.807) is 12.1 Å². The van der Waals surface area contributed by atoms with Crippen LogP contribution in [-0.2, 0) is 12.8 Å². The zero-order valence-corrected chi connectivity index (χ0v) is 15.8. The molecule has 2 aromatic carbocycles. The van der Waals surface area contributed by atoms with Crippen molar-refractivity contribution in [3.63, 3.8) is 0 Å². The summed E-state index contributed by atoms with van der Waals surface area (Å²) in [5.74, 6) is 1.52. The first-order chi connectivity index (χ1) is 12.7. The number of hydrogen-bond donors (Lipinski definition) is 0. The van der Waals surface area contributed by atoms with Crippen LogP contribution in [0.5, 0.6) is 5.75 Å². The van der Waals surface area contributed by atoms with Crippen LogP contribution >= 0.6 is 0 Å². The van der Waals surface area contributed by atoms with Gasteiger partial charge in [0, 0.05) is 12.5 Å². The van der Waals surface area contributed by atoms with E-state index in [-0.39, 0.29) is 5.82 Å². The van der Waals surface area contributed by atoms with E-state index < -0.39 is 0 Å². The van der Waals surface area contributed by atoms with Gasteiger partial charge in [0.15, 0.2) is 0 Å². The van der Waals surface area contributed by atoms with E-state index in [0.717, 1.165) is 44.6 Å². The zero-order valence-electron chi connectivity index (χ0n) is 15.8. The van der Waals surface area contributed by atoms with Crippen molar-refractivity contribution in [2.45, 2.75) is 38.5 Å². The van der Waals surface area contributed by atoms with Gasteiger partial charge in [0.2, 0.25) is 0 Å². The fourth-order valence-electron chi connectivity index (χ4n) is 3.76. The SMILES string of the molecule is CN1CCCC(COc2ccccc2CCCCc2ccc(F)cc2)C1. The van der Waals surface area contributed by atoms with Gasteiger partial charge >= 0.3 is 0 Å². The molecular weight excluding hydrogens is 325 g/mol. The van der Waals surface area contributed by atoms with E-state index in [2.05, 4.69) is 36.2 Å². The first-order valence-corrected chi connectivity index (χ1v) is 9.84. The molecule has 140 valence electrons. The molecule has 0 bridgehead atoms. The number of rotatable bonds is 8. The molecule has 0 radical (unpaired) electrons. The van der Waals surface area contributed by atoms with E-state index in [9.17, 15) is 4.39 Å². The van der Waals surface area contributed by atoms with Gasteiger partial charge in [0.25, 0.3) is 0 Å². The highest BCUT2D eigenvalue weighted by atomic mass is 19.1. The maximum absolute atomic E-state index is 13.0. The minimum atomic E-state index is -0.163. The molecule has 0 saturated carbocycles. The molecule has 0 amide bonds. The van der Waals surface area contributed by atoms with Gasteiger partial charge in [0.1, 0.15) is 11.6 Å². The molecule has 26 heavy (non-hydrogen) atoms. The maximum Gasteiger partial charge on any atom is 0.123 e. The molecule has 3 rings (SSSR count). The van der Waals surface area contributed by atoms with Crippen molar-refractivity contribution in [2.75, 3.05) is 26.7 Å². The van der Waals surface area contributed by atoms with Crippen LogP contribution in [0, 0.1) is 11.7 Å². The molecule has 0 N–H and O–H groups in total. The Balaban J connectivity index is 1.45. The van der Waals surface area contributed by atoms with Crippen molar-refractivity contribution < 1.29 is 9.13 Å². The molecule has 1 unspecified atom stereocenters. The number of ether oxygens (including phenoxy) is 1. The Labute approximate surface area is 157 Å². The fraction of sp³-hybridized carbons (Fsp3) is 0.478. The van der Waals surface area contributed by atoms with Crippen molar-refractivity contribution in [2.24, 2.45) is 5.92 Å². The smallest absolute Gasteiger partial charge is 0.123 e. The van der Waals surface area contributed by atoms with Gasteiger partial charge in [-0.1, -0.05) is 30.3 Å². The van der Waals surface area contributed by atoms with Crippen LogP contribution in [0.4, 0.5) is 4.39 Å². The summed E-state index contributed by atoms with van der Waals surface area (Å²) in [5, 5.41) is 0. The fourth-order valence-corrected chi connectivity index (χ4v) is 3.76. The highest BCUT2D eigenvalue weighted by Crippen LogP contribution is 2.23. The third-order valence-electron chi connectivity index (χ3n) is 5.24. The van der Waals surface area contributed by atoms with Gasteiger partial charge in [0.05, 0.1) is 6.61 Å². The van der Waals surface area contributed by atoms with Crippen LogP contribution in [0.2, 0.25) is 0 Å². The molecule has 1 fully saturated rings. The highest BCUT2D eigenvalue weighted by Gasteiger charge is 2.18. The summed E-state index contributed by atoms with van der Waals surface area (Å²) < 4.78 is 19.1. The lowest BCUT2D eigenvalue weighted by atomic mass is 9.99. The monoisotopic (exact) mass is 355 g/mol. The predicted octanol–water partition coefficient (Wildman–Crippen LogP) is 5.11. The van der Waals surface area contributed by atoms with Crippen LogP contribution in [0.15, 0.2) is 48.5 Å². The van der Waals surface area contributed by atoms with Gasteiger partial charge in [-0.2, -0.15) is 0 Å². The van der Waals surface area contributed by atoms with Crippen molar-refractivity contribution in [1.29, 1.82) is 0 Å². The van der Waals surface area contributed by atoms with Crippen LogP contribution in [0.25, 0.3) is 0 Å². The van der Waals surface area contributed by atoms with Gasteiger partial charge in [-0.15, -0.1) is 0 Å². The van der Waals surface area contributed by atoms with Crippen molar-refractivity contribution >= 4 is 0 Å². The van der Waals surface area contributed by atoms with Gasteiger partial charge in [-0.25, -0.2) is 4.39 Å². The Morgan fingerprint density at radius 3 is 2.62 bits per heavy atom. The molecular formula is C23H30FNO. The number of aryl methyl sites for hydroxylation is 2. The van der Waals surface area contributed by atoms with Crippen LogP contribution in [-0.4, -0.2) is 31.6 Å². The number of benzene rings is 2. The third kappa shape index (κ3) is 5.84. The summed E-state index contributed by atoms with van der Waals surface area (Å²) >= 11 is 0. The Bertz CT molecular complexity index is 670. The molecule has 2 nitrogen and oxygen atoms in total. The van der Waals surface area contributed by atoms with Crippen molar-refractivity contribution in [1.82, 2.24) is 4.90 Å². The van der Waals surface area contributed by atoms with Gasteiger partial charge < -0.3 is 9.64 Å². The zero-order chi connectivity index (χ0) is 18.2. The predicted molar refractivity (Wildman–Crippen MR) is 105 cm³/mol. The summed E-state index contributed by atoms with van der Waals surface area (Å²) in [5.41, 5.74) is 2.51. The quantitative estimate of drug-likeness (QED) is 0.610. The molecule has 1 aliphatic heterocycles. The number of halogens is 1. The van der Waals surface area contributed by atoms with E-state index >= 15 is 0 Å². The number of unbranched alkanes of at least 4 members (excludes halogenated alkanes) is 1. The molecule has 1 aliphatic rings. The second-order valence-corrected chi connectivity index (χ2v) is 7.52. The molecule has 2 aromatic rings. The van der Waals surface area contributed by atoms with Crippen molar-refractivity contribution in [3.05, 3.63) is 65.5 Å². The molecule has 0 aromatic heterocycles. The normalized spacial score (nSPS) is 18.0. The van der Waals surface area contributed by atoms with Crippen LogP contribution < -0.4 is 4.74 Å². The number of hydrogen-bond acceptors (Lipinski definition) is 2. The van der Waals surface area contributed by atoms with Crippen LogP contribution in [0.1, 0.15) is 36.8 Å². The average Bonchev–Trinajstić information content (AvgIpc) is 2.66. The van der Waals surface area contributed by atoms with Gasteiger partial charge in [-0.05, 0) is 81.4 Å². The van der Waals surface area contributed by atoms with E-state index in [1.165, 1.54) is 30.5 Å². The van der Waals surface area contributed by atoms with E-state index in [1.807, 2.05) is 12.1 Å². The summed E-state index contributed by atoms with van der Waals surface area (Å²) in [7, 11) is 2.20. The minimum absolute atomic E-state index is 0.163.